The summed E-state index contributed by atoms with van der Waals surface area (Å²) < 4.78 is 6.08. The minimum absolute atomic E-state index is 0.147. The maximum atomic E-state index is 13.2. The second-order valence-corrected chi connectivity index (χ2v) is 8.60. The molecule has 1 unspecified atom stereocenters. The van der Waals surface area contributed by atoms with E-state index in [2.05, 4.69) is 19.2 Å². The largest absolute Gasteiger partial charge is 0.493 e. The standard InChI is InChI=1S/C24H28N4O2S/c1-3-5-15-30-20-14-10-8-12-18(20)22-25-19-13-9-7-11-17(19)21-23(29)26-24(27-28(21)22)31-16-6-4-2/h7-14,22H,3-6,15-16H2,1-2H3,(H,26,27,29). The molecular weight excluding hydrogens is 408 g/mol. The van der Waals surface area contributed by atoms with E-state index in [0.717, 1.165) is 53.3 Å². The van der Waals surface area contributed by atoms with Gasteiger partial charge in [0.2, 0.25) is 0 Å². The van der Waals surface area contributed by atoms with E-state index in [9.17, 15) is 4.79 Å². The molecule has 0 spiro atoms. The lowest BCUT2D eigenvalue weighted by Gasteiger charge is -2.34. The molecule has 1 amide bonds. The Hall–Kier alpha value is -2.80. The number of nitrogens with one attached hydrogen (secondary N) is 1. The molecule has 6 nitrogen and oxygen atoms in total. The molecule has 31 heavy (non-hydrogen) atoms. The van der Waals surface area contributed by atoms with Gasteiger partial charge < -0.3 is 4.74 Å². The third-order valence-corrected chi connectivity index (χ3v) is 6.15. The number of carbonyl (C=O) groups excluding carboxylic acids is 1. The molecule has 2 aliphatic rings. The zero-order valence-corrected chi connectivity index (χ0v) is 18.8. The van der Waals surface area contributed by atoms with E-state index in [0.29, 0.717) is 17.5 Å². The smallest absolute Gasteiger partial charge is 0.276 e. The molecule has 4 rings (SSSR count). The number of para-hydroxylation sites is 2. The van der Waals surface area contributed by atoms with Crippen LogP contribution in [-0.4, -0.2) is 28.4 Å². The number of amides is 1. The van der Waals surface area contributed by atoms with Crippen molar-refractivity contribution in [1.82, 2.24) is 10.3 Å². The number of fused-ring (bicyclic) bond motifs is 2. The second kappa shape index (κ2) is 10.0. The lowest BCUT2D eigenvalue weighted by molar-refractivity contribution is -0.116. The summed E-state index contributed by atoms with van der Waals surface area (Å²) in [6, 6.07) is 15.6. The van der Waals surface area contributed by atoms with Crippen molar-refractivity contribution in [2.45, 2.75) is 45.7 Å². The lowest BCUT2D eigenvalue weighted by atomic mass is 10.1. The molecular formula is C24H28N4O2S. The maximum Gasteiger partial charge on any atom is 0.276 e. The topological polar surface area (TPSA) is 66.3 Å². The summed E-state index contributed by atoms with van der Waals surface area (Å²) in [6.45, 7) is 4.94. The molecule has 0 bridgehead atoms. The fraction of sp³-hybridized carbons (Fsp3) is 0.375. The Labute approximate surface area is 187 Å². The first-order valence-electron chi connectivity index (χ1n) is 10.9. The zero-order valence-electron chi connectivity index (χ0n) is 18.0. The monoisotopic (exact) mass is 436 g/mol. The van der Waals surface area contributed by atoms with Crippen molar-refractivity contribution >= 4 is 28.5 Å². The van der Waals surface area contributed by atoms with Crippen LogP contribution in [0.1, 0.15) is 51.3 Å². The van der Waals surface area contributed by atoms with Gasteiger partial charge in [-0.3, -0.25) is 15.1 Å². The van der Waals surface area contributed by atoms with Crippen molar-refractivity contribution in [2.75, 3.05) is 12.4 Å². The molecule has 2 aliphatic heterocycles. The van der Waals surface area contributed by atoms with E-state index in [1.807, 2.05) is 48.5 Å². The Balaban J connectivity index is 1.79. The van der Waals surface area contributed by atoms with Gasteiger partial charge in [0.1, 0.15) is 11.4 Å². The molecule has 0 saturated heterocycles. The fourth-order valence-electron chi connectivity index (χ4n) is 3.56. The van der Waals surface area contributed by atoms with Crippen LogP contribution in [-0.2, 0) is 4.79 Å². The van der Waals surface area contributed by atoms with Crippen LogP contribution in [0.4, 0.5) is 0 Å². The average molecular weight is 437 g/mol. The number of hydrazone groups is 1. The maximum absolute atomic E-state index is 13.2. The number of carbonyl (C=O) groups is 1. The zero-order chi connectivity index (χ0) is 21.6. The van der Waals surface area contributed by atoms with Gasteiger partial charge in [0.25, 0.3) is 5.91 Å². The quantitative estimate of drug-likeness (QED) is 0.643. The summed E-state index contributed by atoms with van der Waals surface area (Å²) in [5.74, 6) is 1.55. The summed E-state index contributed by atoms with van der Waals surface area (Å²) >= 11 is 1.57. The summed E-state index contributed by atoms with van der Waals surface area (Å²) in [4.78, 5) is 18.1. The number of amidine groups is 1. The predicted molar refractivity (Wildman–Crippen MR) is 125 cm³/mol. The lowest BCUT2D eigenvalue weighted by Crippen LogP contribution is -2.50. The van der Waals surface area contributed by atoms with Gasteiger partial charge in [-0.1, -0.05) is 74.8 Å². The van der Waals surface area contributed by atoms with Crippen molar-refractivity contribution in [2.24, 2.45) is 10.1 Å². The van der Waals surface area contributed by atoms with Gasteiger partial charge in [0.05, 0.1) is 12.0 Å². The Morgan fingerprint density at radius 3 is 2.68 bits per heavy atom. The van der Waals surface area contributed by atoms with Crippen molar-refractivity contribution in [1.29, 1.82) is 0 Å². The van der Waals surface area contributed by atoms with Crippen LogP contribution < -0.4 is 20.6 Å². The van der Waals surface area contributed by atoms with E-state index in [1.54, 1.807) is 16.8 Å². The second-order valence-electron chi connectivity index (χ2n) is 7.51. The predicted octanol–water partition coefficient (Wildman–Crippen LogP) is 3.54. The SMILES string of the molecule is CCCCOc1ccccc1C1N=c2ccccc2=C2C(=O)NC(SCCCC)=NN21. The summed E-state index contributed by atoms with van der Waals surface area (Å²) in [5, 5.41) is 11.7. The number of benzene rings is 2. The third kappa shape index (κ3) is 4.61. The third-order valence-electron chi connectivity index (χ3n) is 5.20. The number of thioether (sulfide) groups is 1. The van der Waals surface area contributed by atoms with Crippen LogP contribution in [0, 0.1) is 0 Å². The summed E-state index contributed by atoms with van der Waals surface area (Å²) in [6.07, 6.45) is 3.76. The van der Waals surface area contributed by atoms with Crippen molar-refractivity contribution in [3.63, 3.8) is 0 Å². The van der Waals surface area contributed by atoms with Crippen LogP contribution in [0.3, 0.4) is 0 Å². The molecule has 2 aromatic rings. The summed E-state index contributed by atoms with van der Waals surface area (Å²) in [5.41, 5.74) is 1.43. The van der Waals surface area contributed by atoms with E-state index in [1.165, 1.54) is 0 Å². The minimum Gasteiger partial charge on any atom is -0.493 e. The van der Waals surface area contributed by atoms with Crippen molar-refractivity contribution < 1.29 is 9.53 Å². The molecule has 2 heterocycles. The first-order valence-corrected chi connectivity index (χ1v) is 11.9. The molecule has 0 aromatic heterocycles. The highest BCUT2D eigenvalue weighted by Crippen LogP contribution is 2.35. The Kier molecular flexibility index (Phi) is 6.92. The summed E-state index contributed by atoms with van der Waals surface area (Å²) in [7, 11) is 0. The van der Waals surface area contributed by atoms with Gasteiger partial charge in [-0.15, -0.1) is 5.10 Å². The van der Waals surface area contributed by atoms with Crippen LogP contribution in [0.15, 0.2) is 58.6 Å². The van der Waals surface area contributed by atoms with Gasteiger partial charge in [-0.05, 0) is 25.0 Å². The van der Waals surface area contributed by atoms with Crippen LogP contribution in [0.2, 0.25) is 0 Å². The van der Waals surface area contributed by atoms with Crippen LogP contribution in [0.5, 0.6) is 5.75 Å². The Morgan fingerprint density at radius 2 is 1.84 bits per heavy atom. The van der Waals surface area contributed by atoms with Crippen molar-refractivity contribution in [3.8, 4) is 5.75 Å². The highest BCUT2D eigenvalue weighted by molar-refractivity contribution is 8.13. The highest BCUT2D eigenvalue weighted by atomic mass is 32.2. The van der Waals surface area contributed by atoms with E-state index < -0.39 is 6.17 Å². The average Bonchev–Trinajstić information content (AvgIpc) is 2.79. The fourth-order valence-corrected chi connectivity index (χ4v) is 4.50. The number of hydrogen-bond acceptors (Lipinski definition) is 6. The van der Waals surface area contributed by atoms with Gasteiger partial charge in [-0.2, -0.15) is 0 Å². The Bertz CT molecular complexity index is 1100. The van der Waals surface area contributed by atoms with Crippen LogP contribution in [0.25, 0.3) is 5.70 Å². The number of ether oxygens (including phenoxy) is 1. The first kappa shape index (κ1) is 21.4. The first-order chi connectivity index (χ1) is 15.2. The molecule has 1 N–H and O–H groups in total. The molecule has 2 aromatic carbocycles. The van der Waals surface area contributed by atoms with E-state index in [4.69, 9.17) is 14.8 Å². The van der Waals surface area contributed by atoms with Gasteiger partial charge >= 0.3 is 0 Å². The number of rotatable bonds is 8. The van der Waals surface area contributed by atoms with E-state index in [-0.39, 0.29) is 5.91 Å². The van der Waals surface area contributed by atoms with E-state index >= 15 is 0 Å². The Morgan fingerprint density at radius 1 is 1.06 bits per heavy atom. The molecule has 0 radical (unpaired) electrons. The van der Waals surface area contributed by atoms with Crippen molar-refractivity contribution in [3.05, 3.63) is 64.7 Å². The molecule has 0 fully saturated rings. The minimum atomic E-state index is -0.462. The number of hydrogen-bond donors (Lipinski definition) is 1. The molecule has 0 saturated carbocycles. The van der Waals surface area contributed by atoms with Gasteiger partial charge in [0, 0.05) is 16.5 Å². The molecule has 0 aliphatic carbocycles. The molecule has 7 heteroatoms. The number of nitrogens with zero attached hydrogens (tertiary/aromatic N) is 3. The van der Waals surface area contributed by atoms with Crippen LogP contribution >= 0.6 is 11.8 Å². The van der Waals surface area contributed by atoms with Gasteiger partial charge in [0.15, 0.2) is 11.3 Å². The number of unbranched alkanes of at least 4 members (excludes halogenated alkanes) is 2. The van der Waals surface area contributed by atoms with Gasteiger partial charge in [-0.25, -0.2) is 5.01 Å². The highest BCUT2D eigenvalue weighted by Gasteiger charge is 2.35. The molecule has 162 valence electrons. The normalized spacial score (nSPS) is 17.3. The molecule has 1 atom stereocenters.